The maximum atomic E-state index is 11.5. The predicted octanol–water partition coefficient (Wildman–Crippen LogP) is 1.31. The van der Waals surface area contributed by atoms with E-state index in [0.717, 1.165) is 5.39 Å². The summed E-state index contributed by atoms with van der Waals surface area (Å²) >= 11 is 0. The fourth-order valence-corrected chi connectivity index (χ4v) is 1.98. The summed E-state index contributed by atoms with van der Waals surface area (Å²) in [5, 5.41) is 0.888. The molecule has 5 N–H and O–H groups in total. The van der Waals surface area contributed by atoms with Crippen LogP contribution in [0.3, 0.4) is 0 Å². The summed E-state index contributed by atoms with van der Waals surface area (Å²) in [5.74, 6) is -0.181. The lowest BCUT2D eigenvalue weighted by Gasteiger charge is -2.08. The largest absolute Gasteiger partial charge is 0.398 e. The second-order valence-corrected chi connectivity index (χ2v) is 4.11. The van der Waals surface area contributed by atoms with Crippen LogP contribution in [-0.4, -0.2) is 20.9 Å². The van der Waals surface area contributed by atoms with Crippen molar-refractivity contribution in [2.45, 2.75) is 0 Å². The first-order valence-corrected chi connectivity index (χ1v) is 5.65. The zero-order chi connectivity index (χ0) is 13.4. The number of carbonyl (C=O) groups is 1. The van der Waals surface area contributed by atoms with Crippen LogP contribution in [0.25, 0.3) is 22.4 Å². The SMILES string of the molecule is NC(=O)c1cccc(N)c1-c1ncc2cc[nH]c2n1. The maximum Gasteiger partial charge on any atom is 0.249 e. The molecular weight excluding hydrogens is 242 g/mol. The number of aromatic nitrogens is 3. The lowest BCUT2D eigenvalue weighted by Crippen LogP contribution is -2.14. The van der Waals surface area contributed by atoms with Gasteiger partial charge in [-0.3, -0.25) is 4.79 Å². The molecule has 1 amide bonds. The first-order valence-electron chi connectivity index (χ1n) is 5.65. The molecule has 1 aromatic carbocycles. The number of anilines is 1. The quantitative estimate of drug-likeness (QED) is 0.598. The van der Waals surface area contributed by atoms with E-state index in [1.54, 1.807) is 30.6 Å². The third-order valence-corrected chi connectivity index (χ3v) is 2.89. The summed E-state index contributed by atoms with van der Waals surface area (Å²) in [6.45, 7) is 0. The molecule has 0 spiro atoms. The molecule has 0 bridgehead atoms. The number of hydrogen-bond donors (Lipinski definition) is 3. The number of nitrogens with one attached hydrogen (secondary N) is 1. The Labute approximate surface area is 108 Å². The van der Waals surface area contributed by atoms with Gasteiger partial charge in [0.1, 0.15) is 5.65 Å². The Kier molecular flexibility index (Phi) is 2.42. The monoisotopic (exact) mass is 253 g/mol. The van der Waals surface area contributed by atoms with E-state index in [9.17, 15) is 4.79 Å². The first-order chi connectivity index (χ1) is 9.16. The van der Waals surface area contributed by atoms with Gasteiger partial charge in [0.15, 0.2) is 5.82 Å². The number of nitrogen functional groups attached to an aromatic ring is 1. The summed E-state index contributed by atoms with van der Waals surface area (Å²) in [7, 11) is 0. The predicted molar refractivity (Wildman–Crippen MR) is 72.3 cm³/mol. The molecule has 0 saturated heterocycles. The van der Waals surface area contributed by atoms with Crippen LogP contribution in [0.1, 0.15) is 10.4 Å². The van der Waals surface area contributed by atoms with Crippen molar-refractivity contribution in [1.82, 2.24) is 15.0 Å². The van der Waals surface area contributed by atoms with Gasteiger partial charge in [-0.25, -0.2) is 9.97 Å². The minimum Gasteiger partial charge on any atom is -0.398 e. The van der Waals surface area contributed by atoms with Gasteiger partial charge in [0.05, 0.1) is 11.1 Å². The number of rotatable bonds is 2. The molecule has 0 fully saturated rings. The molecule has 0 unspecified atom stereocenters. The Morgan fingerprint density at radius 1 is 1.26 bits per heavy atom. The third-order valence-electron chi connectivity index (χ3n) is 2.89. The van der Waals surface area contributed by atoms with Gasteiger partial charge in [-0.2, -0.15) is 0 Å². The zero-order valence-electron chi connectivity index (χ0n) is 9.92. The second kappa shape index (κ2) is 4.09. The molecule has 3 rings (SSSR count). The van der Waals surface area contributed by atoms with Crippen LogP contribution in [0.2, 0.25) is 0 Å². The zero-order valence-corrected chi connectivity index (χ0v) is 9.92. The average molecular weight is 253 g/mol. The minimum absolute atomic E-state index is 0.311. The minimum atomic E-state index is -0.558. The van der Waals surface area contributed by atoms with E-state index in [4.69, 9.17) is 11.5 Å². The molecular formula is C13H11N5O. The number of nitrogens with zero attached hydrogens (tertiary/aromatic N) is 2. The number of carbonyl (C=O) groups excluding carboxylic acids is 1. The Morgan fingerprint density at radius 2 is 2.11 bits per heavy atom. The molecule has 94 valence electrons. The van der Waals surface area contributed by atoms with Crippen LogP contribution in [0.4, 0.5) is 5.69 Å². The van der Waals surface area contributed by atoms with Gasteiger partial charge in [0.25, 0.3) is 0 Å². The fraction of sp³-hybridized carbons (Fsp3) is 0. The number of H-pyrrole nitrogens is 1. The number of benzene rings is 1. The van der Waals surface area contributed by atoms with E-state index in [0.29, 0.717) is 28.3 Å². The van der Waals surface area contributed by atoms with E-state index < -0.39 is 5.91 Å². The van der Waals surface area contributed by atoms with Crippen LogP contribution in [0, 0.1) is 0 Å². The van der Waals surface area contributed by atoms with E-state index in [1.807, 2.05) is 6.07 Å². The normalized spacial score (nSPS) is 10.7. The van der Waals surface area contributed by atoms with E-state index in [1.165, 1.54) is 0 Å². The molecule has 0 radical (unpaired) electrons. The molecule has 0 aliphatic rings. The summed E-state index contributed by atoms with van der Waals surface area (Å²) in [4.78, 5) is 23.0. The number of hydrogen-bond acceptors (Lipinski definition) is 4. The average Bonchev–Trinajstić information content (AvgIpc) is 2.85. The van der Waals surface area contributed by atoms with Crippen LogP contribution in [0.15, 0.2) is 36.7 Å². The lowest BCUT2D eigenvalue weighted by molar-refractivity contribution is 0.100. The Balaban J connectivity index is 2.28. The number of aromatic amines is 1. The van der Waals surface area contributed by atoms with Crippen LogP contribution >= 0.6 is 0 Å². The van der Waals surface area contributed by atoms with E-state index >= 15 is 0 Å². The van der Waals surface area contributed by atoms with Crippen molar-refractivity contribution in [3.63, 3.8) is 0 Å². The third kappa shape index (κ3) is 1.79. The summed E-state index contributed by atoms with van der Waals surface area (Å²) < 4.78 is 0. The van der Waals surface area contributed by atoms with Gasteiger partial charge in [0.2, 0.25) is 5.91 Å². The highest BCUT2D eigenvalue weighted by Gasteiger charge is 2.15. The molecule has 19 heavy (non-hydrogen) atoms. The topological polar surface area (TPSA) is 111 Å². The lowest BCUT2D eigenvalue weighted by atomic mass is 10.0. The van der Waals surface area contributed by atoms with Crippen molar-refractivity contribution in [2.75, 3.05) is 5.73 Å². The van der Waals surface area contributed by atoms with Crippen LogP contribution in [0.5, 0.6) is 0 Å². The van der Waals surface area contributed by atoms with E-state index in [2.05, 4.69) is 15.0 Å². The molecule has 0 saturated carbocycles. The molecule has 2 heterocycles. The number of nitrogens with two attached hydrogens (primary N) is 2. The summed E-state index contributed by atoms with van der Waals surface area (Å²) in [5.41, 5.74) is 13.1. The van der Waals surface area contributed by atoms with Crippen molar-refractivity contribution < 1.29 is 4.79 Å². The molecule has 3 aromatic rings. The number of amides is 1. The molecule has 0 atom stereocenters. The first kappa shape index (κ1) is 11.2. The number of fused-ring (bicyclic) bond motifs is 1. The summed E-state index contributed by atoms with van der Waals surface area (Å²) in [6, 6.07) is 6.83. The van der Waals surface area contributed by atoms with Gasteiger partial charge in [-0.15, -0.1) is 0 Å². The smallest absolute Gasteiger partial charge is 0.249 e. The molecule has 6 nitrogen and oxygen atoms in total. The maximum absolute atomic E-state index is 11.5. The molecule has 0 aliphatic carbocycles. The van der Waals surface area contributed by atoms with Crippen LogP contribution < -0.4 is 11.5 Å². The summed E-state index contributed by atoms with van der Waals surface area (Å²) in [6.07, 6.45) is 3.44. The second-order valence-electron chi connectivity index (χ2n) is 4.11. The van der Waals surface area contributed by atoms with Gasteiger partial charge < -0.3 is 16.5 Å². The highest BCUT2D eigenvalue weighted by molar-refractivity contribution is 6.02. The van der Waals surface area contributed by atoms with Gasteiger partial charge in [-0.1, -0.05) is 6.07 Å². The van der Waals surface area contributed by atoms with Gasteiger partial charge >= 0.3 is 0 Å². The van der Waals surface area contributed by atoms with Crippen molar-refractivity contribution in [3.8, 4) is 11.4 Å². The van der Waals surface area contributed by atoms with Crippen molar-refractivity contribution in [3.05, 3.63) is 42.2 Å². The highest BCUT2D eigenvalue weighted by Crippen LogP contribution is 2.27. The number of primary amides is 1. The molecule has 6 heteroatoms. The molecule has 0 aliphatic heterocycles. The fourth-order valence-electron chi connectivity index (χ4n) is 1.98. The Bertz CT molecular complexity index is 778. The molecule has 2 aromatic heterocycles. The van der Waals surface area contributed by atoms with Gasteiger partial charge in [-0.05, 0) is 18.2 Å². The van der Waals surface area contributed by atoms with Crippen molar-refractivity contribution >= 4 is 22.6 Å². The van der Waals surface area contributed by atoms with Crippen molar-refractivity contribution in [2.24, 2.45) is 5.73 Å². The Morgan fingerprint density at radius 3 is 2.89 bits per heavy atom. The highest BCUT2D eigenvalue weighted by atomic mass is 16.1. The van der Waals surface area contributed by atoms with Crippen molar-refractivity contribution in [1.29, 1.82) is 0 Å². The standard InChI is InChI=1S/C13H11N5O/c14-9-3-1-2-8(11(15)19)10(9)13-17-6-7-4-5-16-12(7)18-13/h1-6H,14H2,(H2,15,19)(H,16,17,18). The van der Waals surface area contributed by atoms with E-state index in [-0.39, 0.29) is 0 Å². The Hall–Kier alpha value is -2.89. The van der Waals surface area contributed by atoms with Gasteiger partial charge in [0, 0.05) is 23.5 Å². The van der Waals surface area contributed by atoms with Crippen LogP contribution in [-0.2, 0) is 0 Å².